The average molecular weight is 273 g/mol. The minimum absolute atomic E-state index is 0.638. The lowest BCUT2D eigenvalue weighted by Gasteiger charge is -2.29. The molecule has 0 aromatic heterocycles. The van der Waals surface area contributed by atoms with Gasteiger partial charge in [0.05, 0.1) is 0 Å². The largest absolute Gasteiger partial charge is 0.314 e. The van der Waals surface area contributed by atoms with E-state index in [1.165, 1.54) is 57.1 Å². The topological polar surface area (TPSA) is 12.0 Å². The SMILES string of the molecule is CCC1CCC(CNC(C)CCc2ccccc2)CC1. The molecule has 1 atom stereocenters. The van der Waals surface area contributed by atoms with Gasteiger partial charge in [0.25, 0.3) is 0 Å². The first kappa shape index (κ1) is 15.6. The van der Waals surface area contributed by atoms with Gasteiger partial charge in [0.1, 0.15) is 0 Å². The third kappa shape index (κ3) is 5.28. The maximum absolute atomic E-state index is 3.76. The number of rotatable bonds is 7. The molecule has 0 saturated heterocycles. The van der Waals surface area contributed by atoms with E-state index < -0.39 is 0 Å². The zero-order valence-corrected chi connectivity index (χ0v) is 13.3. The van der Waals surface area contributed by atoms with Crippen molar-refractivity contribution >= 4 is 0 Å². The molecule has 1 heteroatoms. The van der Waals surface area contributed by atoms with Gasteiger partial charge in [-0.15, -0.1) is 0 Å². The number of nitrogens with one attached hydrogen (secondary N) is 1. The molecule has 1 N–H and O–H groups in total. The normalized spacial score (nSPS) is 24.5. The number of hydrogen-bond donors (Lipinski definition) is 1. The fourth-order valence-electron chi connectivity index (χ4n) is 3.34. The monoisotopic (exact) mass is 273 g/mol. The van der Waals surface area contributed by atoms with Gasteiger partial charge in [0.2, 0.25) is 0 Å². The summed E-state index contributed by atoms with van der Waals surface area (Å²) in [5.74, 6) is 1.94. The Kier molecular flexibility index (Phi) is 6.59. The van der Waals surface area contributed by atoms with Crippen LogP contribution in [0, 0.1) is 11.8 Å². The van der Waals surface area contributed by atoms with E-state index in [0.717, 1.165) is 11.8 Å². The average Bonchev–Trinajstić information content (AvgIpc) is 2.52. The zero-order valence-electron chi connectivity index (χ0n) is 13.3. The summed E-state index contributed by atoms with van der Waals surface area (Å²) in [6, 6.07) is 11.5. The summed E-state index contributed by atoms with van der Waals surface area (Å²) in [5.41, 5.74) is 1.46. The number of benzene rings is 1. The molecule has 1 nitrogen and oxygen atoms in total. The first-order valence-corrected chi connectivity index (χ1v) is 8.55. The van der Waals surface area contributed by atoms with Gasteiger partial charge in [-0.3, -0.25) is 0 Å². The summed E-state index contributed by atoms with van der Waals surface area (Å²) < 4.78 is 0. The molecule has 0 spiro atoms. The van der Waals surface area contributed by atoms with Gasteiger partial charge in [-0.05, 0) is 56.6 Å². The lowest BCUT2D eigenvalue weighted by atomic mass is 9.81. The van der Waals surface area contributed by atoms with Crippen molar-refractivity contribution in [2.75, 3.05) is 6.54 Å². The number of aryl methyl sites for hydroxylation is 1. The minimum atomic E-state index is 0.638. The Balaban J connectivity index is 1.59. The van der Waals surface area contributed by atoms with Gasteiger partial charge < -0.3 is 5.32 Å². The van der Waals surface area contributed by atoms with Crippen molar-refractivity contribution in [1.82, 2.24) is 5.32 Å². The Hall–Kier alpha value is -0.820. The van der Waals surface area contributed by atoms with Crippen LogP contribution in [0.3, 0.4) is 0 Å². The second-order valence-electron chi connectivity index (χ2n) is 6.63. The van der Waals surface area contributed by atoms with Crippen molar-refractivity contribution < 1.29 is 0 Å². The molecule has 1 aliphatic rings. The van der Waals surface area contributed by atoms with Crippen LogP contribution in [0.15, 0.2) is 30.3 Å². The lowest BCUT2D eigenvalue weighted by molar-refractivity contribution is 0.256. The van der Waals surface area contributed by atoms with Crippen LogP contribution in [-0.4, -0.2) is 12.6 Å². The summed E-state index contributed by atoms with van der Waals surface area (Å²) in [4.78, 5) is 0. The highest BCUT2D eigenvalue weighted by molar-refractivity contribution is 5.14. The molecule has 2 rings (SSSR count). The third-order valence-corrected chi connectivity index (χ3v) is 5.01. The van der Waals surface area contributed by atoms with Gasteiger partial charge in [-0.1, -0.05) is 56.5 Å². The van der Waals surface area contributed by atoms with Crippen LogP contribution in [0.1, 0.15) is 57.9 Å². The van der Waals surface area contributed by atoms with E-state index in [9.17, 15) is 0 Å². The van der Waals surface area contributed by atoms with Crippen LogP contribution < -0.4 is 5.32 Å². The Morgan fingerprint density at radius 2 is 1.70 bits per heavy atom. The highest BCUT2D eigenvalue weighted by atomic mass is 14.9. The molecule has 0 amide bonds. The van der Waals surface area contributed by atoms with E-state index >= 15 is 0 Å². The fraction of sp³-hybridized carbons (Fsp3) is 0.684. The zero-order chi connectivity index (χ0) is 14.2. The number of hydrogen-bond acceptors (Lipinski definition) is 1. The molecule has 1 saturated carbocycles. The molecule has 0 aliphatic heterocycles. The van der Waals surface area contributed by atoms with E-state index in [4.69, 9.17) is 0 Å². The molecule has 1 unspecified atom stereocenters. The van der Waals surface area contributed by atoms with Crippen molar-refractivity contribution in [3.8, 4) is 0 Å². The second kappa shape index (κ2) is 8.46. The maximum Gasteiger partial charge on any atom is 0.00420 e. The van der Waals surface area contributed by atoms with Crippen LogP contribution in [0.25, 0.3) is 0 Å². The summed E-state index contributed by atoms with van der Waals surface area (Å²) in [6.07, 6.45) is 9.62. The molecule has 1 aromatic rings. The fourth-order valence-corrected chi connectivity index (χ4v) is 3.34. The molecular formula is C19H31N. The van der Waals surface area contributed by atoms with Crippen LogP contribution in [0.4, 0.5) is 0 Å². The van der Waals surface area contributed by atoms with Crippen molar-refractivity contribution in [3.63, 3.8) is 0 Å². The van der Waals surface area contributed by atoms with Gasteiger partial charge in [0.15, 0.2) is 0 Å². The van der Waals surface area contributed by atoms with Crippen LogP contribution >= 0.6 is 0 Å². The summed E-state index contributed by atoms with van der Waals surface area (Å²) >= 11 is 0. The lowest BCUT2D eigenvalue weighted by Crippen LogP contribution is -2.33. The summed E-state index contributed by atoms with van der Waals surface area (Å²) in [6.45, 7) is 5.90. The molecule has 1 fully saturated rings. The Labute approximate surface area is 125 Å². The van der Waals surface area contributed by atoms with Crippen molar-refractivity contribution in [3.05, 3.63) is 35.9 Å². The standard InChI is InChI=1S/C19H31N/c1-3-17-11-13-19(14-12-17)15-20-16(2)9-10-18-7-5-4-6-8-18/h4-8,16-17,19-20H,3,9-15H2,1-2H3. The van der Waals surface area contributed by atoms with Gasteiger partial charge in [-0.25, -0.2) is 0 Å². The molecule has 112 valence electrons. The van der Waals surface area contributed by atoms with Crippen LogP contribution in [0.2, 0.25) is 0 Å². The van der Waals surface area contributed by atoms with E-state index in [2.05, 4.69) is 49.5 Å². The van der Waals surface area contributed by atoms with Crippen molar-refractivity contribution in [2.45, 2.75) is 64.8 Å². The molecule has 20 heavy (non-hydrogen) atoms. The summed E-state index contributed by atoms with van der Waals surface area (Å²) in [7, 11) is 0. The predicted molar refractivity (Wildman–Crippen MR) is 88.0 cm³/mol. The molecule has 1 aliphatic carbocycles. The minimum Gasteiger partial charge on any atom is -0.314 e. The van der Waals surface area contributed by atoms with Gasteiger partial charge >= 0.3 is 0 Å². The van der Waals surface area contributed by atoms with E-state index in [-0.39, 0.29) is 0 Å². The first-order valence-electron chi connectivity index (χ1n) is 8.55. The second-order valence-corrected chi connectivity index (χ2v) is 6.63. The van der Waals surface area contributed by atoms with Gasteiger partial charge in [-0.2, -0.15) is 0 Å². The molecule has 0 bridgehead atoms. The molecular weight excluding hydrogens is 242 g/mol. The van der Waals surface area contributed by atoms with Crippen molar-refractivity contribution in [2.24, 2.45) is 11.8 Å². The Morgan fingerprint density at radius 3 is 2.35 bits per heavy atom. The quantitative estimate of drug-likeness (QED) is 0.751. The molecule has 1 aromatic carbocycles. The van der Waals surface area contributed by atoms with E-state index in [0.29, 0.717) is 6.04 Å². The smallest absolute Gasteiger partial charge is 0.00420 e. The predicted octanol–water partition coefficient (Wildman–Crippen LogP) is 4.81. The third-order valence-electron chi connectivity index (χ3n) is 5.01. The highest BCUT2D eigenvalue weighted by Gasteiger charge is 2.19. The molecule has 0 heterocycles. The van der Waals surface area contributed by atoms with Gasteiger partial charge in [0, 0.05) is 6.04 Å². The Morgan fingerprint density at radius 1 is 1.05 bits per heavy atom. The molecule has 0 radical (unpaired) electrons. The van der Waals surface area contributed by atoms with E-state index in [1.807, 2.05) is 0 Å². The van der Waals surface area contributed by atoms with Crippen LogP contribution in [0.5, 0.6) is 0 Å². The summed E-state index contributed by atoms with van der Waals surface area (Å²) in [5, 5.41) is 3.76. The highest BCUT2D eigenvalue weighted by Crippen LogP contribution is 2.30. The first-order chi connectivity index (χ1) is 9.78. The van der Waals surface area contributed by atoms with E-state index in [1.54, 1.807) is 0 Å². The van der Waals surface area contributed by atoms with Crippen LogP contribution in [-0.2, 0) is 6.42 Å². The van der Waals surface area contributed by atoms with Crippen molar-refractivity contribution in [1.29, 1.82) is 0 Å². The Bertz CT molecular complexity index is 351. The maximum atomic E-state index is 3.76.